The number of anilines is 1. The summed E-state index contributed by atoms with van der Waals surface area (Å²) >= 11 is 5.05. The van der Waals surface area contributed by atoms with Crippen LogP contribution in [0.15, 0.2) is 11.3 Å². The number of rotatable bonds is 5. The van der Waals surface area contributed by atoms with Crippen LogP contribution >= 0.6 is 6.72 Å². The number of nitrogens with two attached hydrogens (primary N) is 1. The first-order valence-corrected chi connectivity index (χ1v) is 11.5. The van der Waals surface area contributed by atoms with E-state index in [1.165, 1.54) is 13.4 Å². The number of aromatic nitrogens is 2. The third-order valence-electron chi connectivity index (χ3n) is 5.57. The summed E-state index contributed by atoms with van der Waals surface area (Å²) in [5, 5.41) is 0. The SMILES string of the molecule is CCC12CO[C@@H]([C@H]1OP(O)(=S)OC)[C@H](C1C=Nc3c(N)ncnc3CC1)O2. The van der Waals surface area contributed by atoms with Crippen molar-refractivity contribution in [3.8, 4) is 0 Å². The summed E-state index contributed by atoms with van der Waals surface area (Å²) < 4.78 is 23.2. The average Bonchev–Trinajstić information content (AvgIpc) is 3.03. The van der Waals surface area contributed by atoms with E-state index in [9.17, 15) is 4.89 Å². The van der Waals surface area contributed by atoms with Gasteiger partial charge in [0.1, 0.15) is 29.8 Å². The van der Waals surface area contributed by atoms with E-state index in [0.717, 1.165) is 12.1 Å². The zero-order chi connectivity index (χ0) is 19.2. The number of nitrogen functional groups attached to an aromatic ring is 1. The molecule has 3 aliphatic heterocycles. The normalized spacial score (nSPS) is 37.0. The zero-order valence-corrected chi connectivity index (χ0v) is 16.9. The van der Waals surface area contributed by atoms with Crippen LogP contribution < -0.4 is 5.73 Å². The second-order valence-electron chi connectivity index (χ2n) is 6.99. The third kappa shape index (κ3) is 3.33. The van der Waals surface area contributed by atoms with E-state index < -0.39 is 18.4 Å². The topological polar surface area (TPSA) is 121 Å². The molecule has 1 aromatic heterocycles. The molecular formula is C16H23N4O5PS. The van der Waals surface area contributed by atoms with E-state index >= 15 is 0 Å². The molecule has 148 valence electrons. The van der Waals surface area contributed by atoms with Gasteiger partial charge in [-0.05, 0) is 31.1 Å². The van der Waals surface area contributed by atoms with Gasteiger partial charge in [0.25, 0.3) is 0 Å². The lowest BCUT2D eigenvalue weighted by atomic mass is 9.91. The predicted octanol–water partition coefficient (Wildman–Crippen LogP) is 1.52. The van der Waals surface area contributed by atoms with Crippen LogP contribution in [0.25, 0.3) is 0 Å². The van der Waals surface area contributed by atoms with Crippen molar-refractivity contribution in [3.05, 3.63) is 12.0 Å². The first-order chi connectivity index (χ1) is 12.9. The van der Waals surface area contributed by atoms with E-state index in [-0.39, 0.29) is 18.1 Å². The lowest BCUT2D eigenvalue weighted by Gasteiger charge is -2.32. The van der Waals surface area contributed by atoms with E-state index in [0.29, 0.717) is 31.0 Å². The molecule has 0 spiro atoms. The van der Waals surface area contributed by atoms with Crippen molar-refractivity contribution in [3.63, 3.8) is 0 Å². The maximum absolute atomic E-state index is 10.2. The number of aliphatic imine (C=N–C) groups is 1. The molecule has 2 bridgehead atoms. The number of ether oxygens (including phenoxy) is 2. The van der Waals surface area contributed by atoms with Crippen molar-refractivity contribution in [1.29, 1.82) is 0 Å². The molecule has 4 rings (SSSR count). The molecule has 0 radical (unpaired) electrons. The lowest BCUT2D eigenvalue weighted by Crippen LogP contribution is -2.42. The first-order valence-electron chi connectivity index (χ1n) is 8.89. The summed E-state index contributed by atoms with van der Waals surface area (Å²) in [4.78, 5) is 23.0. The maximum atomic E-state index is 10.2. The van der Waals surface area contributed by atoms with Crippen molar-refractivity contribution < 1.29 is 23.4 Å². The number of nitrogens with zero attached hydrogens (tertiary/aromatic N) is 3. The smallest absolute Gasteiger partial charge is 0.324 e. The fourth-order valence-corrected chi connectivity index (χ4v) is 4.99. The maximum Gasteiger partial charge on any atom is 0.324 e. The molecule has 27 heavy (non-hydrogen) atoms. The number of hydrogen-bond donors (Lipinski definition) is 2. The molecule has 0 aliphatic carbocycles. The highest BCUT2D eigenvalue weighted by atomic mass is 32.5. The van der Waals surface area contributed by atoms with Gasteiger partial charge in [-0.2, -0.15) is 0 Å². The highest BCUT2D eigenvalue weighted by Crippen LogP contribution is 2.54. The Morgan fingerprint density at radius 1 is 1.44 bits per heavy atom. The van der Waals surface area contributed by atoms with Crippen molar-refractivity contribution >= 4 is 36.2 Å². The van der Waals surface area contributed by atoms with Gasteiger partial charge in [-0.1, -0.05) is 6.92 Å². The fourth-order valence-electron chi connectivity index (χ4n) is 4.02. The monoisotopic (exact) mass is 414 g/mol. The summed E-state index contributed by atoms with van der Waals surface area (Å²) in [6.45, 7) is -0.933. The molecule has 3 unspecified atom stereocenters. The minimum Gasteiger partial charge on any atom is -0.382 e. The van der Waals surface area contributed by atoms with Gasteiger partial charge in [0.05, 0.1) is 18.4 Å². The fraction of sp³-hybridized carbons (Fsp3) is 0.688. The molecule has 6 atom stereocenters. The van der Waals surface area contributed by atoms with Crippen LogP contribution in [-0.4, -0.2) is 58.7 Å². The van der Waals surface area contributed by atoms with Crippen LogP contribution in [0.1, 0.15) is 25.5 Å². The molecule has 0 amide bonds. The Morgan fingerprint density at radius 2 is 2.26 bits per heavy atom. The van der Waals surface area contributed by atoms with Crippen LogP contribution in [0.5, 0.6) is 0 Å². The third-order valence-corrected chi connectivity index (χ3v) is 7.23. The quantitative estimate of drug-likeness (QED) is 0.691. The molecule has 9 nitrogen and oxygen atoms in total. The first kappa shape index (κ1) is 19.3. The van der Waals surface area contributed by atoms with E-state index in [2.05, 4.69) is 15.0 Å². The number of hydrogen-bond acceptors (Lipinski definition) is 9. The Labute approximate surface area is 162 Å². The number of fused-ring (bicyclic) bond motifs is 3. The van der Waals surface area contributed by atoms with Crippen molar-refractivity contribution in [2.75, 3.05) is 19.5 Å². The van der Waals surface area contributed by atoms with E-state index in [1.807, 2.05) is 13.1 Å². The van der Waals surface area contributed by atoms with Gasteiger partial charge >= 0.3 is 6.72 Å². The van der Waals surface area contributed by atoms with Gasteiger partial charge in [0.15, 0.2) is 5.82 Å². The predicted molar refractivity (Wildman–Crippen MR) is 102 cm³/mol. The summed E-state index contributed by atoms with van der Waals surface area (Å²) in [6.07, 6.45) is 4.36. The minimum atomic E-state index is -3.34. The highest BCUT2D eigenvalue weighted by Gasteiger charge is 2.63. The van der Waals surface area contributed by atoms with Crippen LogP contribution in [0.3, 0.4) is 0 Å². The molecular weight excluding hydrogens is 391 g/mol. The van der Waals surface area contributed by atoms with Crippen LogP contribution in [0.4, 0.5) is 11.5 Å². The van der Waals surface area contributed by atoms with Crippen LogP contribution in [0.2, 0.25) is 0 Å². The summed E-state index contributed by atoms with van der Waals surface area (Å²) in [6, 6.07) is 0. The Hall–Kier alpha value is -1.00. The zero-order valence-electron chi connectivity index (χ0n) is 15.1. The average molecular weight is 414 g/mol. The minimum absolute atomic E-state index is 0.0116. The Bertz CT molecular complexity index is 811. The molecule has 4 heterocycles. The summed E-state index contributed by atoms with van der Waals surface area (Å²) in [7, 11) is 1.34. The van der Waals surface area contributed by atoms with Crippen molar-refractivity contribution in [1.82, 2.24) is 9.97 Å². The van der Waals surface area contributed by atoms with Gasteiger partial charge in [-0.3, -0.25) is 9.52 Å². The van der Waals surface area contributed by atoms with Gasteiger partial charge in [0.2, 0.25) is 0 Å². The molecule has 0 saturated carbocycles. The Kier molecular flexibility index (Phi) is 5.09. The van der Waals surface area contributed by atoms with E-state index in [1.54, 1.807) is 0 Å². The molecule has 11 heteroatoms. The molecule has 2 fully saturated rings. The van der Waals surface area contributed by atoms with Gasteiger partial charge in [0, 0.05) is 19.2 Å². The van der Waals surface area contributed by atoms with Gasteiger partial charge in [-0.15, -0.1) is 0 Å². The van der Waals surface area contributed by atoms with Gasteiger partial charge in [-0.25, -0.2) is 9.97 Å². The highest BCUT2D eigenvalue weighted by molar-refractivity contribution is 8.07. The molecule has 1 aromatic rings. The second-order valence-corrected chi connectivity index (χ2v) is 9.89. The molecule has 3 N–H and O–H groups in total. The standard InChI is InChI=1S/C16H23N4O5PS/c1-3-16-7-23-13(14(16)25-26(21,27)22-2)12(24-16)9-4-5-10-11(18-6-9)15(17)20-8-19-10/h6,8-9,12-14H,3-5,7H2,1-2H3,(H,21,27)(H2,17,19,20)/t9?,12-,13+,14+,16?,26?/m0/s1. The second kappa shape index (κ2) is 7.11. The summed E-state index contributed by atoms with van der Waals surface area (Å²) in [5.41, 5.74) is 6.73. The van der Waals surface area contributed by atoms with Crippen molar-refractivity contribution in [2.45, 2.75) is 50.1 Å². The Morgan fingerprint density at radius 3 is 3.00 bits per heavy atom. The Balaban J connectivity index is 1.58. The van der Waals surface area contributed by atoms with Crippen LogP contribution in [-0.2, 0) is 36.7 Å². The van der Waals surface area contributed by atoms with Crippen molar-refractivity contribution in [2.24, 2.45) is 10.9 Å². The van der Waals surface area contributed by atoms with Gasteiger partial charge < -0.3 is 24.6 Å². The number of aryl methyl sites for hydroxylation is 1. The molecule has 0 aromatic carbocycles. The largest absolute Gasteiger partial charge is 0.382 e. The molecule has 3 aliphatic rings. The van der Waals surface area contributed by atoms with E-state index in [4.69, 9.17) is 36.1 Å². The van der Waals surface area contributed by atoms with Crippen LogP contribution in [0, 0.1) is 5.92 Å². The molecule has 2 saturated heterocycles. The lowest BCUT2D eigenvalue weighted by molar-refractivity contribution is -0.155. The summed E-state index contributed by atoms with van der Waals surface area (Å²) in [5.74, 6) is 0.358.